The molecule has 0 atom stereocenters. The summed E-state index contributed by atoms with van der Waals surface area (Å²) < 4.78 is 1.63. The maximum atomic E-state index is 9.18. The number of nitrogens with zero attached hydrogens (tertiary/aromatic N) is 3. The van der Waals surface area contributed by atoms with Crippen molar-refractivity contribution in [3.05, 3.63) is 44.7 Å². The van der Waals surface area contributed by atoms with Gasteiger partial charge in [0.25, 0.3) is 0 Å². The summed E-state index contributed by atoms with van der Waals surface area (Å²) in [5.41, 5.74) is 1.31. The number of nitriles is 1. The highest BCUT2D eigenvalue weighted by Gasteiger charge is 2.27. The van der Waals surface area contributed by atoms with Crippen LogP contribution in [-0.2, 0) is 0 Å². The Labute approximate surface area is 133 Å². The molecule has 1 aliphatic rings. The summed E-state index contributed by atoms with van der Waals surface area (Å²) in [4.78, 5) is 8.90. The van der Waals surface area contributed by atoms with E-state index in [2.05, 4.69) is 53.2 Å². The highest BCUT2D eigenvalue weighted by atomic mass is 79.9. The Kier molecular flexibility index (Phi) is 3.72. The molecule has 3 rings (SSSR count). The number of halogens is 2. The first-order valence-corrected chi connectivity index (χ1v) is 7.75. The van der Waals surface area contributed by atoms with Gasteiger partial charge >= 0.3 is 0 Å². The molecule has 2 aromatic rings. The molecule has 1 fully saturated rings. The molecule has 1 aromatic carbocycles. The number of aromatic nitrogens is 2. The van der Waals surface area contributed by atoms with Crippen LogP contribution in [0.1, 0.15) is 30.1 Å². The third-order valence-electron chi connectivity index (χ3n) is 3.02. The average molecular weight is 394 g/mol. The Hall–Kier alpha value is -1.45. The molecule has 0 bridgehead atoms. The number of hydrogen-bond acceptors (Lipinski definition) is 4. The van der Waals surface area contributed by atoms with E-state index in [0.29, 0.717) is 17.3 Å². The van der Waals surface area contributed by atoms with Crippen molar-refractivity contribution in [2.24, 2.45) is 0 Å². The Morgan fingerprint density at radius 1 is 1.20 bits per heavy atom. The van der Waals surface area contributed by atoms with Crippen molar-refractivity contribution in [2.45, 2.75) is 18.8 Å². The number of rotatable bonds is 3. The van der Waals surface area contributed by atoms with Crippen molar-refractivity contribution in [2.75, 3.05) is 5.32 Å². The van der Waals surface area contributed by atoms with Crippen LogP contribution in [0.5, 0.6) is 0 Å². The topological polar surface area (TPSA) is 61.6 Å². The minimum atomic E-state index is 0.480. The average Bonchev–Trinajstić information content (AvgIpc) is 3.24. The fourth-order valence-electron chi connectivity index (χ4n) is 1.88. The van der Waals surface area contributed by atoms with Crippen molar-refractivity contribution < 1.29 is 0 Å². The van der Waals surface area contributed by atoms with Crippen LogP contribution in [0.3, 0.4) is 0 Å². The molecule has 20 heavy (non-hydrogen) atoms. The Bertz CT molecular complexity index is 705. The van der Waals surface area contributed by atoms with Gasteiger partial charge in [0.2, 0.25) is 0 Å². The molecule has 1 heterocycles. The number of anilines is 2. The minimum absolute atomic E-state index is 0.480. The Morgan fingerprint density at radius 3 is 2.70 bits per heavy atom. The molecule has 0 aliphatic heterocycles. The summed E-state index contributed by atoms with van der Waals surface area (Å²) >= 11 is 6.77. The normalized spacial score (nSPS) is 13.8. The molecule has 1 aromatic heterocycles. The van der Waals surface area contributed by atoms with Gasteiger partial charge in [-0.05, 0) is 47.0 Å². The van der Waals surface area contributed by atoms with Gasteiger partial charge in [-0.3, -0.25) is 0 Å². The second-order valence-corrected chi connectivity index (χ2v) is 6.36. The van der Waals surface area contributed by atoms with E-state index in [9.17, 15) is 5.26 Å². The monoisotopic (exact) mass is 392 g/mol. The van der Waals surface area contributed by atoms with Crippen LogP contribution in [0.2, 0.25) is 0 Å². The van der Waals surface area contributed by atoms with Crippen LogP contribution in [0.25, 0.3) is 0 Å². The molecule has 0 unspecified atom stereocenters. The lowest BCUT2D eigenvalue weighted by molar-refractivity contribution is 0.919. The largest absolute Gasteiger partial charge is 0.339 e. The summed E-state index contributed by atoms with van der Waals surface area (Å²) in [6.07, 6.45) is 2.30. The van der Waals surface area contributed by atoms with Gasteiger partial charge in [0.15, 0.2) is 0 Å². The lowest BCUT2D eigenvalue weighted by Gasteiger charge is -2.09. The smallest absolute Gasteiger partial charge is 0.135 e. The van der Waals surface area contributed by atoms with Gasteiger partial charge in [-0.15, -0.1) is 0 Å². The molecule has 1 aliphatic carbocycles. The first kappa shape index (κ1) is 13.5. The van der Waals surface area contributed by atoms with Crippen molar-refractivity contribution >= 4 is 43.4 Å². The first-order chi connectivity index (χ1) is 9.65. The molecule has 0 radical (unpaired) electrons. The molecular formula is C14H10Br2N4. The highest BCUT2D eigenvalue weighted by Crippen LogP contribution is 2.39. The predicted octanol–water partition coefficient (Wildman–Crippen LogP) is 4.49. The summed E-state index contributed by atoms with van der Waals surface area (Å²) in [6, 6.07) is 9.51. The zero-order chi connectivity index (χ0) is 14.1. The third-order valence-corrected chi connectivity index (χ3v) is 3.92. The number of nitrogens with one attached hydrogen (secondary N) is 1. The van der Waals surface area contributed by atoms with Gasteiger partial charge in [0.1, 0.15) is 22.3 Å². The molecular weight excluding hydrogens is 384 g/mol. The van der Waals surface area contributed by atoms with E-state index < -0.39 is 0 Å². The van der Waals surface area contributed by atoms with Crippen LogP contribution >= 0.6 is 31.9 Å². The van der Waals surface area contributed by atoms with Crippen LogP contribution in [0.15, 0.2) is 33.3 Å². The van der Waals surface area contributed by atoms with Gasteiger partial charge in [-0.25, -0.2) is 9.97 Å². The molecule has 100 valence electrons. The van der Waals surface area contributed by atoms with Gasteiger partial charge in [0, 0.05) is 16.5 Å². The zero-order valence-corrected chi connectivity index (χ0v) is 13.6. The first-order valence-electron chi connectivity index (χ1n) is 6.17. The molecule has 6 heteroatoms. The van der Waals surface area contributed by atoms with E-state index in [0.717, 1.165) is 33.4 Å². The standard InChI is InChI=1S/C14H10Br2N4/c15-10-3-4-11(9(5-10)7-17)18-13-6-12(16)19-14(20-13)8-1-2-8/h3-6,8H,1-2H2,(H,18,19,20). The zero-order valence-electron chi connectivity index (χ0n) is 10.4. The molecule has 4 nitrogen and oxygen atoms in total. The molecule has 0 spiro atoms. The van der Waals surface area contributed by atoms with Crippen molar-refractivity contribution in [1.29, 1.82) is 5.26 Å². The lowest BCUT2D eigenvalue weighted by Crippen LogP contribution is -2.01. The maximum absolute atomic E-state index is 9.18. The van der Waals surface area contributed by atoms with E-state index >= 15 is 0 Å². The predicted molar refractivity (Wildman–Crippen MR) is 83.8 cm³/mol. The Morgan fingerprint density at radius 2 is 2.00 bits per heavy atom. The fraction of sp³-hybridized carbons (Fsp3) is 0.214. The van der Waals surface area contributed by atoms with E-state index in [1.165, 1.54) is 0 Å². The minimum Gasteiger partial charge on any atom is -0.339 e. The third kappa shape index (κ3) is 3.00. The number of benzene rings is 1. The van der Waals surface area contributed by atoms with Gasteiger partial charge in [-0.2, -0.15) is 5.26 Å². The molecule has 1 saturated carbocycles. The maximum Gasteiger partial charge on any atom is 0.135 e. The van der Waals surface area contributed by atoms with Crippen molar-refractivity contribution in [1.82, 2.24) is 9.97 Å². The summed E-state index contributed by atoms with van der Waals surface area (Å²) in [7, 11) is 0. The van der Waals surface area contributed by atoms with Crippen molar-refractivity contribution in [3.63, 3.8) is 0 Å². The molecule has 0 amide bonds. The lowest BCUT2D eigenvalue weighted by atomic mass is 10.2. The fourth-order valence-corrected chi connectivity index (χ4v) is 2.64. The van der Waals surface area contributed by atoms with E-state index in [1.54, 1.807) is 6.07 Å². The molecule has 0 saturated heterocycles. The van der Waals surface area contributed by atoms with E-state index in [-0.39, 0.29) is 0 Å². The van der Waals surface area contributed by atoms with E-state index in [1.807, 2.05) is 18.2 Å². The number of hydrogen-bond donors (Lipinski definition) is 1. The summed E-state index contributed by atoms with van der Waals surface area (Å²) in [5.74, 6) is 2.04. The van der Waals surface area contributed by atoms with Crippen LogP contribution in [-0.4, -0.2) is 9.97 Å². The van der Waals surface area contributed by atoms with Gasteiger partial charge < -0.3 is 5.32 Å². The molecule has 1 N–H and O–H groups in total. The van der Waals surface area contributed by atoms with Gasteiger partial charge in [0.05, 0.1) is 11.3 Å². The summed E-state index contributed by atoms with van der Waals surface area (Å²) in [5, 5.41) is 12.4. The van der Waals surface area contributed by atoms with Gasteiger partial charge in [-0.1, -0.05) is 15.9 Å². The van der Waals surface area contributed by atoms with E-state index in [4.69, 9.17) is 0 Å². The van der Waals surface area contributed by atoms with Crippen molar-refractivity contribution in [3.8, 4) is 6.07 Å². The second kappa shape index (κ2) is 5.51. The van der Waals surface area contributed by atoms with Crippen LogP contribution < -0.4 is 5.32 Å². The summed E-state index contributed by atoms with van der Waals surface area (Å²) in [6.45, 7) is 0. The van der Waals surface area contributed by atoms with Crippen LogP contribution in [0, 0.1) is 11.3 Å². The Balaban J connectivity index is 1.93. The van der Waals surface area contributed by atoms with Crippen LogP contribution in [0.4, 0.5) is 11.5 Å². The second-order valence-electron chi connectivity index (χ2n) is 4.64. The highest BCUT2D eigenvalue weighted by molar-refractivity contribution is 9.10. The quantitative estimate of drug-likeness (QED) is 0.780. The SMILES string of the molecule is N#Cc1cc(Br)ccc1Nc1cc(Br)nc(C2CC2)n1.